The predicted octanol–water partition coefficient (Wildman–Crippen LogP) is 2.26. The van der Waals surface area contributed by atoms with Crippen molar-refractivity contribution < 1.29 is 24.5 Å². The summed E-state index contributed by atoms with van der Waals surface area (Å²) in [5, 5.41) is 21.0. The molecule has 2 N–H and O–H groups in total. The summed E-state index contributed by atoms with van der Waals surface area (Å²) in [4.78, 5) is 25.6. The molecule has 2 bridgehead atoms. The van der Waals surface area contributed by atoms with Gasteiger partial charge in [-0.15, -0.1) is 0 Å². The van der Waals surface area contributed by atoms with Crippen LogP contribution in [0.25, 0.3) is 0 Å². The quantitative estimate of drug-likeness (QED) is 0.359. The van der Waals surface area contributed by atoms with Crippen molar-refractivity contribution in [1.29, 1.82) is 0 Å². The highest BCUT2D eigenvalue weighted by Gasteiger charge is 2.68. The summed E-state index contributed by atoms with van der Waals surface area (Å²) >= 11 is 0. The van der Waals surface area contributed by atoms with Gasteiger partial charge in [0.1, 0.15) is 16.8 Å². The first kappa shape index (κ1) is 17.6. The van der Waals surface area contributed by atoms with Crippen LogP contribution < -0.4 is 0 Å². The molecule has 3 aliphatic carbocycles. The summed E-state index contributed by atoms with van der Waals surface area (Å²) in [5.41, 5.74) is -3.03. The van der Waals surface area contributed by atoms with E-state index in [9.17, 15) is 19.8 Å². The van der Waals surface area contributed by atoms with Crippen molar-refractivity contribution in [3.05, 3.63) is 35.6 Å². The Kier molecular flexibility index (Phi) is 4.64. The Morgan fingerprint density at radius 1 is 1.35 bits per heavy atom. The van der Waals surface area contributed by atoms with Gasteiger partial charge in [0.25, 0.3) is 0 Å². The first-order valence-corrected chi connectivity index (χ1v) is 7.89. The van der Waals surface area contributed by atoms with Crippen LogP contribution in [0.5, 0.6) is 0 Å². The Morgan fingerprint density at radius 2 is 2.00 bits per heavy atom. The predicted molar refractivity (Wildman–Crippen MR) is 85.9 cm³/mol. The van der Waals surface area contributed by atoms with Crippen LogP contribution >= 0.6 is 0 Å². The van der Waals surface area contributed by atoms with Crippen LogP contribution in [0, 0.1) is 11.3 Å². The summed E-state index contributed by atoms with van der Waals surface area (Å²) in [6.07, 6.45) is 6.27. The number of carbonyl (C=O) groups is 2. The van der Waals surface area contributed by atoms with E-state index < -0.39 is 34.6 Å². The first-order valence-electron chi connectivity index (χ1n) is 7.89. The largest absolute Gasteiger partial charge is 0.508 e. The lowest BCUT2D eigenvalue weighted by atomic mass is 9.50. The van der Waals surface area contributed by atoms with Gasteiger partial charge < -0.3 is 14.9 Å². The maximum atomic E-state index is 12.9. The molecule has 0 aromatic heterocycles. The zero-order valence-electron chi connectivity index (χ0n) is 14.0. The summed E-state index contributed by atoms with van der Waals surface area (Å²) in [7, 11) is 0. The van der Waals surface area contributed by atoms with Crippen molar-refractivity contribution in [3.8, 4) is 0 Å². The normalized spacial score (nSPS) is 39.7. The molecule has 0 aromatic carbocycles. The number of ketones is 2. The van der Waals surface area contributed by atoms with Gasteiger partial charge in [-0.3, -0.25) is 9.59 Å². The number of fused-ring (bicyclic) bond motifs is 3. The molecule has 0 spiro atoms. The zero-order chi connectivity index (χ0) is 17.4. The molecule has 0 aromatic rings. The fourth-order valence-electron chi connectivity index (χ4n) is 3.67. The molecule has 0 radical (unpaired) electrons. The van der Waals surface area contributed by atoms with E-state index in [1.165, 1.54) is 19.9 Å². The third kappa shape index (κ3) is 2.48. The molecule has 23 heavy (non-hydrogen) atoms. The smallest absolute Gasteiger partial charge is 0.180 e. The molecule has 3 rings (SSSR count). The van der Waals surface area contributed by atoms with Crippen LogP contribution in [-0.2, 0) is 14.3 Å². The minimum Gasteiger partial charge on any atom is -0.508 e. The Hall–Kier alpha value is -1.72. The second kappa shape index (κ2) is 6.06. The minimum atomic E-state index is -1.69. The van der Waals surface area contributed by atoms with E-state index in [-0.39, 0.29) is 11.3 Å². The average Bonchev–Trinajstić information content (AvgIpc) is 2.49. The summed E-state index contributed by atoms with van der Waals surface area (Å²) < 4.78 is 5.59. The second-order valence-corrected chi connectivity index (χ2v) is 6.42. The van der Waals surface area contributed by atoms with Gasteiger partial charge in [-0.1, -0.05) is 18.2 Å². The van der Waals surface area contributed by atoms with Gasteiger partial charge in [-0.2, -0.15) is 0 Å². The van der Waals surface area contributed by atoms with E-state index in [0.717, 1.165) is 0 Å². The highest BCUT2D eigenvalue weighted by molar-refractivity contribution is 6.21. The Bertz CT molecular complexity index is 611. The molecule has 126 valence electrons. The average molecular weight is 320 g/mol. The molecule has 0 aliphatic heterocycles. The number of rotatable bonds is 4. The fourth-order valence-corrected chi connectivity index (χ4v) is 3.67. The van der Waals surface area contributed by atoms with E-state index in [1.807, 2.05) is 6.92 Å². The highest BCUT2D eigenvalue weighted by Crippen LogP contribution is 2.54. The maximum absolute atomic E-state index is 12.9. The topological polar surface area (TPSA) is 83.8 Å². The van der Waals surface area contributed by atoms with E-state index in [2.05, 4.69) is 0 Å². The molecule has 0 heterocycles. The molecule has 4 atom stereocenters. The number of allylic oxidation sites excluding steroid dienone is 4. The number of ether oxygens (including phenoxy) is 1. The lowest BCUT2D eigenvalue weighted by Crippen LogP contribution is -2.69. The molecule has 0 unspecified atom stereocenters. The SMILES string of the molecule is C/C=C/C=C/C(O)=C1/C(=O)[C@]2(C)C(=O)[C@@](C)(O)[C@H]1C[C@@H]2OCC. The molecule has 3 fully saturated rings. The van der Waals surface area contributed by atoms with Gasteiger partial charge >= 0.3 is 0 Å². The van der Waals surface area contributed by atoms with Gasteiger partial charge in [-0.05, 0) is 40.2 Å². The van der Waals surface area contributed by atoms with Gasteiger partial charge in [-0.25, -0.2) is 0 Å². The molecule has 3 saturated carbocycles. The molecular formula is C18H24O5. The van der Waals surface area contributed by atoms with E-state index in [1.54, 1.807) is 25.2 Å². The Labute approximate surface area is 136 Å². The zero-order valence-corrected chi connectivity index (χ0v) is 14.0. The summed E-state index contributed by atoms with van der Waals surface area (Å²) in [5.74, 6) is -1.95. The van der Waals surface area contributed by atoms with Crippen molar-refractivity contribution >= 4 is 11.6 Å². The second-order valence-electron chi connectivity index (χ2n) is 6.42. The number of aliphatic hydroxyl groups excluding tert-OH is 1. The van der Waals surface area contributed by atoms with Crippen molar-refractivity contribution in [2.75, 3.05) is 6.61 Å². The van der Waals surface area contributed by atoms with Crippen LogP contribution in [0.1, 0.15) is 34.1 Å². The van der Waals surface area contributed by atoms with E-state index in [4.69, 9.17) is 4.74 Å². The summed E-state index contributed by atoms with van der Waals surface area (Å²) in [6.45, 7) is 6.93. The molecule has 5 heteroatoms. The number of hydrogen-bond donors (Lipinski definition) is 2. The molecule has 0 saturated heterocycles. The number of hydrogen-bond acceptors (Lipinski definition) is 5. The number of carbonyl (C=O) groups excluding carboxylic acids is 2. The van der Waals surface area contributed by atoms with E-state index >= 15 is 0 Å². The van der Waals surface area contributed by atoms with Crippen molar-refractivity contribution in [3.63, 3.8) is 0 Å². The van der Waals surface area contributed by atoms with Gasteiger partial charge in [0.05, 0.1) is 6.10 Å². The lowest BCUT2D eigenvalue weighted by molar-refractivity contribution is -0.186. The Balaban J connectivity index is 2.57. The number of aliphatic hydroxyl groups is 2. The van der Waals surface area contributed by atoms with Gasteiger partial charge in [0, 0.05) is 18.1 Å². The third-order valence-corrected chi connectivity index (χ3v) is 4.97. The van der Waals surface area contributed by atoms with Crippen LogP contribution in [0.15, 0.2) is 35.6 Å². The van der Waals surface area contributed by atoms with E-state index in [0.29, 0.717) is 13.0 Å². The van der Waals surface area contributed by atoms with Gasteiger partial charge in [0.2, 0.25) is 0 Å². The van der Waals surface area contributed by atoms with Crippen molar-refractivity contribution in [1.82, 2.24) is 0 Å². The Morgan fingerprint density at radius 3 is 2.57 bits per heavy atom. The number of Topliss-reactive ketones (excluding diaryl/α,β-unsaturated/α-hetero) is 2. The monoisotopic (exact) mass is 320 g/mol. The molecular weight excluding hydrogens is 296 g/mol. The highest BCUT2D eigenvalue weighted by atomic mass is 16.5. The van der Waals surface area contributed by atoms with Crippen molar-refractivity contribution in [2.24, 2.45) is 11.3 Å². The van der Waals surface area contributed by atoms with Gasteiger partial charge in [0.15, 0.2) is 11.6 Å². The minimum absolute atomic E-state index is 0.119. The maximum Gasteiger partial charge on any atom is 0.180 e. The third-order valence-electron chi connectivity index (χ3n) is 4.97. The fraction of sp³-hybridized carbons (Fsp3) is 0.556. The first-order chi connectivity index (χ1) is 10.7. The lowest BCUT2D eigenvalue weighted by Gasteiger charge is -2.54. The standard InChI is InChI=1S/C18H24O5/c1-5-7-8-9-12(19)14-11-10-13(23-6-2)17(3,15(14)20)16(21)18(11,4)22/h5,7-9,11,13,19,22H,6,10H2,1-4H3/b7-5+,9-8+,14-12-/t11-,13-,17+,18-/m0/s1. The molecule has 0 amide bonds. The summed E-state index contributed by atoms with van der Waals surface area (Å²) in [6, 6.07) is 0. The molecule has 3 aliphatic rings. The molecule has 5 nitrogen and oxygen atoms in total. The van der Waals surface area contributed by atoms with Crippen molar-refractivity contribution in [2.45, 2.75) is 45.8 Å². The van der Waals surface area contributed by atoms with Crippen LogP contribution in [-0.4, -0.2) is 40.1 Å². The van der Waals surface area contributed by atoms with Crippen LogP contribution in [0.2, 0.25) is 0 Å². The van der Waals surface area contributed by atoms with Crippen LogP contribution in [0.3, 0.4) is 0 Å². The van der Waals surface area contributed by atoms with Crippen LogP contribution in [0.4, 0.5) is 0 Å².